The van der Waals surface area contributed by atoms with Gasteiger partial charge in [0.05, 0.1) is 18.8 Å². The van der Waals surface area contributed by atoms with Gasteiger partial charge in [-0.15, -0.1) is 0 Å². The van der Waals surface area contributed by atoms with Crippen LogP contribution >= 0.6 is 0 Å². The molecule has 3 N–H and O–H groups in total. The first kappa shape index (κ1) is 12.6. The molecule has 5 nitrogen and oxygen atoms in total. The van der Waals surface area contributed by atoms with Crippen molar-refractivity contribution in [2.24, 2.45) is 7.05 Å². The van der Waals surface area contributed by atoms with Crippen molar-refractivity contribution in [3.63, 3.8) is 0 Å². The Morgan fingerprint density at radius 1 is 1.40 bits per heavy atom. The number of hydrogen-bond acceptors (Lipinski definition) is 3. The predicted molar refractivity (Wildman–Crippen MR) is 78.4 cm³/mol. The number of fused-ring (bicyclic) bond motifs is 1. The highest BCUT2D eigenvalue weighted by atomic mass is 16.5. The van der Waals surface area contributed by atoms with Crippen molar-refractivity contribution in [2.75, 3.05) is 12.3 Å². The molecule has 2 aromatic rings. The third-order valence-electron chi connectivity index (χ3n) is 3.64. The first-order valence-electron chi connectivity index (χ1n) is 6.56. The molecule has 104 valence electrons. The molecule has 1 aromatic heterocycles. The van der Waals surface area contributed by atoms with E-state index in [1.54, 1.807) is 4.57 Å². The van der Waals surface area contributed by atoms with E-state index < -0.39 is 0 Å². The number of hydrogen-bond donors (Lipinski definition) is 2. The van der Waals surface area contributed by atoms with E-state index in [0.717, 1.165) is 28.9 Å². The number of aromatic nitrogens is 2. The van der Waals surface area contributed by atoms with Crippen molar-refractivity contribution in [1.82, 2.24) is 9.13 Å². The molecule has 20 heavy (non-hydrogen) atoms. The lowest BCUT2D eigenvalue weighted by Crippen LogP contribution is -2.22. The Balaban J connectivity index is 2.01. The number of imidazole rings is 1. The Kier molecular flexibility index (Phi) is 2.89. The van der Waals surface area contributed by atoms with E-state index in [1.165, 1.54) is 0 Å². The lowest BCUT2D eigenvalue weighted by molar-refractivity contribution is 0.318. The zero-order chi connectivity index (χ0) is 14.3. The number of nitrogen functional groups attached to an aromatic ring is 1. The Bertz CT molecular complexity index is 739. The monoisotopic (exact) mass is 270 g/mol. The second-order valence-electron chi connectivity index (χ2n) is 5.12. The molecule has 0 radical (unpaired) electrons. The molecular formula is C15H18N4O. The molecule has 0 saturated carbocycles. The number of anilines is 1. The largest absolute Gasteiger partial charge is 0.490 e. The maximum Gasteiger partial charge on any atom is 0.202 e. The second-order valence-corrected chi connectivity index (χ2v) is 5.12. The fourth-order valence-electron chi connectivity index (χ4n) is 2.49. The maximum absolute atomic E-state index is 7.96. The fraction of sp³-hybridized carbons (Fsp3) is 0.267. The van der Waals surface area contributed by atoms with Gasteiger partial charge in [0.25, 0.3) is 0 Å². The number of benzene rings is 1. The van der Waals surface area contributed by atoms with Gasteiger partial charge in [0.2, 0.25) is 5.62 Å². The molecule has 0 spiro atoms. The Hall–Kier alpha value is -2.43. The van der Waals surface area contributed by atoms with Gasteiger partial charge >= 0.3 is 0 Å². The zero-order valence-electron chi connectivity index (χ0n) is 11.5. The molecular weight excluding hydrogens is 252 g/mol. The van der Waals surface area contributed by atoms with Gasteiger partial charge in [-0.05, 0) is 23.3 Å². The van der Waals surface area contributed by atoms with Gasteiger partial charge in [0, 0.05) is 31.4 Å². The van der Waals surface area contributed by atoms with Crippen molar-refractivity contribution in [2.45, 2.75) is 13.0 Å². The third-order valence-corrected chi connectivity index (χ3v) is 3.64. The van der Waals surface area contributed by atoms with E-state index in [-0.39, 0.29) is 0 Å². The number of nitrogens with two attached hydrogens (primary N) is 1. The molecule has 1 aromatic carbocycles. The summed E-state index contributed by atoms with van der Waals surface area (Å²) >= 11 is 0. The van der Waals surface area contributed by atoms with Crippen LogP contribution in [0.5, 0.6) is 5.75 Å². The van der Waals surface area contributed by atoms with Crippen molar-refractivity contribution in [3.8, 4) is 5.75 Å². The standard InChI is InChI=1S/C15H18N4O/c1-10-3-6-20-14-12(10)7-11(8-13(14)16)9-19-5-4-18(2)15(19)17/h4-5,7-8,17H,1,3,6,9,16H2,2H3. The highest BCUT2D eigenvalue weighted by Crippen LogP contribution is 2.37. The molecule has 2 heterocycles. The summed E-state index contributed by atoms with van der Waals surface area (Å²) in [5, 5.41) is 7.96. The molecule has 0 aliphatic carbocycles. The van der Waals surface area contributed by atoms with Crippen molar-refractivity contribution >= 4 is 11.3 Å². The molecule has 1 aliphatic rings. The first-order chi connectivity index (χ1) is 9.56. The predicted octanol–water partition coefficient (Wildman–Crippen LogP) is 1.73. The summed E-state index contributed by atoms with van der Waals surface area (Å²) in [4.78, 5) is 0. The summed E-state index contributed by atoms with van der Waals surface area (Å²) in [7, 11) is 1.86. The minimum absolute atomic E-state index is 0.455. The van der Waals surface area contributed by atoms with Gasteiger partial charge in [-0.1, -0.05) is 6.58 Å². The maximum atomic E-state index is 7.96. The summed E-state index contributed by atoms with van der Waals surface area (Å²) in [5.41, 5.74) is 10.3. The Morgan fingerprint density at radius 2 is 2.20 bits per heavy atom. The van der Waals surface area contributed by atoms with E-state index >= 15 is 0 Å². The van der Waals surface area contributed by atoms with Gasteiger partial charge in [0.15, 0.2) is 0 Å². The lowest BCUT2D eigenvalue weighted by Gasteiger charge is -2.22. The number of aryl methyl sites for hydroxylation is 1. The quantitative estimate of drug-likeness (QED) is 0.816. The number of ether oxygens (including phenoxy) is 1. The van der Waals surface area contributed by atoms with Gasteiger partial charge in [0.1, 0.15) is 5.75 Å². The van der Waals surface area contributed by atoms with Crippen LogP contribution in [0.15, 0.2) is 31.1 Å². The molecule has 0 unspecified atom stereocenters. The highest BCUT2D eigenvalue weighted by Gasteiger charge is 2.17. The minimum atomic E-state index is 0.455. The van der Waals surface area contributed by atoms with Crippen LogP contribution in [0.2, 0.25) is 0 Å². The van der Waals surface area contributed by atoms with Crippen LogP contribution < -0.4 is 16.1 Å². The smallest absolute Gasteiger partial charge is 0.202 e. The number of nitrogens with zero attached hydrogens (tertiary/aromatic N) is 2. The van der Waals surface area contributed by atoms with E-state index in [2.05, 4.69) is 12.6 Å². The summed E-state index contributed by atoms with van der Waals surface area (Å²) in [6.07, 6.45) is 4.59. The first-order valence-corrected chi connectivity index (χ1v) is 6.56. The third kappa shape index (κ3) is 2.01. The van der Waals surface area contributed by atoms with Crippen molar-refractivity contribution in [3.05, 3.63) is 47.9 Å². The fourth-order valence-corrected chi connectivity index (χ4v) is 2.49. The van der Waals surface area contributed by atoms with Crippen LogP contribution in [0, 0.1) is 5.41 Å². The molecule has 5 heteroatoms. The Labute approximate surface area is 117 Å². The van der Waals surface area contributed by atoms with Crippen LogP contribution in [0.1, 0.15) is 17.5 Å². The Morgan fingerprint density at radius 3 is 2.90 bits per heavy atom. The molecule has 3 rings (SSSR count). The summed E-state index contributed by atoms with van der Waals surface area (Å²) in [6, 6.07) is 3.98. The average molecular weight is 270 g/mol. The molecule has 0 atom stereocenters. The molecule has 0 bridgehead atoms. The molecule has 1 aliphatic heterocycles. The van der Waals surface area contributed by atoms with Gasteiger partial charge in [-0.3, -0.25) is 5.41 Å². The van der Waals surface area contributed by atoms with Gasteiger partial charge in [-0.25, -0.2) is 0 Å². The highest BCUT2D eigenvalue weighted by molar-refractivity contribution is 5.77. The SMILES string of the molecule is C=C1CCOc2c(N)cc(Cn3ccn(C)c3=N)cc21. The van der Waals surface area contributed by atoms with E-state index in [9.17, 15) is 0 Å². The van der Waals surface area contributed by atoms with Gasteiger partial charge < -0.3 is 19.6 Å². The molecule has 0 saturated heterocycles. The second kappa shape index (κ2) is 4.59. The van der Waals surface area contributed by atoms with E-state index in [4.69, 9.17) is 15.9 Å². The van der Waals surface area contributed by atoms with E-state index in [1.807, 2.05) is 30.1 Å². The van der Waals surface area contributed by atoms with E-state index in [0.29, 0.717) is 24.5 Å². The summed E-state index contributed by atoms with van der Waals surface area (Å²) < 4.78 is 9.26. The van der Waals surface area contributed by atoms with Crippen LogP contribution in [-0.2, 0) is 13.6 Å². The van der Waals surface area contributed by atoms with Crippen LogP contribution in [0.3, 0.4) is 0 Å². The molecule has 0 fully saturated rings. The van der Waals surface area contributed by atoms with Crippen molar-refractivity contribution < 1.29 is 4.74 Å². The van der Waals surface area contributed by atoms with Crippen molar-refractivity contribution in [1.29, 1.82) is 5.41 Å². The lowest BCUT2D eigenvalue weighted by atomic mass is 9.98. The topological polar surface area (TPSA) is 69.0 Å². The number of rotatable bonds is 2. The van der Waals surface area contributed by atoms with Gasteiger partial charge in [-0.2, -0.15) is 0 Å². The zero-order valence-corrected chi connectivity index (χ0v) is 11.5. The van der Waals surface area contributed by atoms with Crippen LogP contribution in [-0.4, -0.2) is 15.7 Å². The number of nitrogens with one attached hydrogen (secondary N) is 1. The van der Waals surface area contributed by atoms with Crippen LogP contribution in [0.4, 0.5) is 5.69 Å². The average Bonchev–Trinajstić information content (AvgIpc) is 2.72. The summed E-state index contributed by atoms with van der Waals surface area (Å²) in [6.45, 7) is 5.34. The summed E-state index contributed by atoms with van der Waals surface area (Å²) in [5.74, 6) is 0.745. The van der Waals surface area contributed by atoms with Crippen LogP contribution in [0.25, 0.3) is 5.57 Å². The normalized spacial score (nSPS) is 13.9. The minimum Gasteiger partial charge on any atom is -0.490 e. The molecule has 0 amide bonds.